The van der Waals surface area contributed by atoms with Crippen molar-refractivity contribution in [1.29, 1.82) is 0 Å². The van der Waals surface area contributed by atoms with Crippen LogP contribution in [-0.4, -0.2) is 29.4 Å². The van der Waals surface area contributed by atoms with E-state index in [9.17, 15) is 18.1 Å². The molecule has 0 bridgehead atoms. The Bertz CT molecular complexity index is 401. The molecule has 2 atom stereocenters. The first-order chi connectivity index (χ1) is 12.4. The van der Waals surface area contributed by atoms with Crippen LogP contribution in [0.3, 0.4) is 0 Å². The van der Waals surface area contributed by atoms with Gasteiger partial charge in [-0.15, -0.1) is 0 Å². The molecule has 6 heteroatoms. The third-order valence-corrected chi connectivity index (χ3v) is 6.53. The Kier molecular flexibility index (Phi) is 23.6. The third kappa shape index (κ3) is 20.6. The second-order valence-corrected chi connectivity index (χ2v) is 9.46. The summed E-state index contributed by atoms with van der Waals surface area (Å²) >= 11 is 0. The molecule has 0 saturated carbocycles. The third-order valence-electron chi connectivity index (χ3n) is 5.24. The molecule has 0 heterocycles. The molecule has 0 aliphatic rings. The molecule has 27 heavy (non-hydrogen) atoms. The van der Waals surface area contributed by atoms with Gasteiger partial charge in [-0.2, -0.15) is 0 Å². The molecule has 0 fully saturated rings. The summed E-state index contributed by atoms with van der Waals surface area (Å²) in [4.78, 5) is 0. The summed E-state index contributed by atoms with van der Waals surface area (Å²) in [6.45, 7) is 4.17. The maximum atomic E-state index is 11.3. The fourth-order valence-corrected chi connectivity index (χ4v) is 4.35. The van der Waals surface area contributed by atoms with Crippen molar-refractivity contribution in [3.05, 3.63) is 0 Å². The summed E-state index contributed by atoms with van der Waals surface area (Å²) in [5, 5.41) is 9.11. The summed E-state index contributed by atoms with van der Waals surface area (Å²) in [6, 6.07) is 0. The summed E-state index contributed by atoms with van der Waals surface area (Å²) in [5.74, 6) is 0. The molecule has 1 N–H and O–H groups in total. The second kappa shape index (κ2) is 20.8. The topological polar surface area (TPSA) is 77.4 Å². The summed E-state index contributed by atoms with van der Waals surface area (Å²) in [7, 11) is -4.13. The summed E-state index contributed by atoms with van der Waals surface area (Å²) < 4.78 is 33.8. The van der Waals surface area contributed by atoms with Gasteiger partial charge in [0.1, 0.15) is 0 Å². The average molecular weight is 431 g/mol. The van der Waals surface area contributed by atoms with E-state index in [-0.39, 0.29) is 57.5 Å². The van der Waals surface area contributed by atoms with Crippen LogP contribution in [-0.2, 0) is 10.1 Å². The normalized spacial score (nSPS) is 13.9. The Labute approximate surface area is 211 Å². The number of unbranched alkanes of at least 4 members (excludes halogenated alkanes) is 10. The van der Waals surface area contributed by atoms with Crippen molar-refractivity contribution in [2.24, 2.45) is 0 Å². The Morgan fingerprint density at radius 1 is 0.667 bits per heavy atom. The first-order valence-corrected chi connectivity index (χ1v) is 12.5. The molecule has 0 rings (SSSR count). The zero-order valence-electron chi connectivity index (χ0n) is 18.3. The van der Waals surface area contributed by atoms with Crippen molar-refractivity contribution in [1.82, 2.24) is 0 Å². The first-order valence-electron chi connectivity index (χ1n) is 11.0. The van der Waals surface area contributed by atoms with Crippen molar-refractivity contribution in [3.8, 4) is 0 Å². The molecule has 158 valence electrons. The van der Waals surface area contributed by atoms with Gasteiger partial charge >= 0.3 is 51.4 Å². The first kappa shape index (κ1) is 30.7. The van der Waals surface area contributed by atoms with Gasteiger partial charge in [-0.05, 0) is 25.7 Å². The van der Waals surface area contributed by atoms with E-state index >= 15 is 0 Å². The fourth-order valence-electron chi connectivity index (χ4n) is 3.44. The molecule has 0 spiro atoms. The molecule has 0 aromatic rings. The van der Waals surface area contributed by atoms with Gasteiger partial charge in [-0.3, -0.25) is 0 Å². The minimum Gasteiger partial charge on any atom is -0.748 e. The Morgan fingerprint density at radius 2 is 1.00 bits per heavy atom. The van der Waals surface area contributed by atoms with Crippen LogP contribution < -0.4 is 51.4 Å². The molecule has 0 amide bonds. The predicted octanol–water partition coefficient (Wildman–Crippen LogP) is 2.94. The number of aliphatic hydroxyl groups is 1. The van der Waals surface area contributed by atoms with E-state index in [4.69, 9.17) is 0 Å². The van der Waals surface area contributed by atoms with Gasteiger partial charge in [0.05, 0.1) is 16.2 Å². The maximum Gasteiger partial charge on any atom is 1.00 e. The summed E-state index contributed by atoms with van der Waals surface area (Å²) in [6.07, 6.45) is 17.2. The van der Waals surface area contributed by atoms with Crippen LogP contribution in [0.4, 0.5) is 0 Å². The van der Waals surface area contributed by atoms with Crippen LogP contribution in [0.2, 0.25) is 0 Å². The number of hydrogen-bond acceptors (Lipinski definition) is 4. The van der Waals surface area contributed by atoms with Gasteiger partial charge in [0.15, 0.2) is 0 Å². The van der Waals surface area contributed by atoms with E-state index < -0.39 is 15.4 Å². The van der Waals surface area contributed by atoms with Crippen LogP contribution in [0.15, 0.2) is 0 Å². The summed E-state index contributed by atoms with van der Waals surface area (Å²) in [5.41, 5.74) is 0. The van der Waals surface area contributed by atoms with E-state index in [0.717, 1.165) is 64.2 Å². The molecule has 0 saturated heterocycles. The zero-order chi connectivity index (χ0) is 19.7. The molecule has 0 aliphatic heterocycles. The predicted molar refractivity (Wildman–Crippen MR) is 109 cm³/mol. The van der Waals surface area contributed by atoms with E-state index in [1.54, 1.807) is 0 Å². The monoisotopic (exact) mass is 430 g/mol. The van der Waals surface area contributed by atoms with Crippen LogP contribution in [0.5, 0.6) is 0 Å². The van der Waals surface area contributed by atoms with Crippen LogP contribution >= 0.6 is 0 Å². The smallest absolute Gasteiger partial charge is 0.748 e. The van der Waals surface area contributed by atoms with Crippen molar-refractivity contribution < 1.29 is 69.5 Å². The second-order valence-electron chi connectivity index (χ2n) is 7.81. The van der Waals surface area contributed by atoms with E-state index in [0.29, 0.717) is 12.8 Å². The van der Waals surface area contributed by atoms with Gasteiger partial charge in [-0.1, -0.05) is 97.3 Å². The maximum absolute atomic E-state index is 11.3. The van der Waals surface area contributed by atoms with Gasteiger partial charge in [0.25, 0.3) is 0 Å². The van der Waals surface area contributed by atoms with E-state index in [1.807, 2.05) is 6.92 Å². The minimum atomic E-state index is -4.13. The molecule has 0 aromatic carbocycles. The van der Waals surface area contributed by atoms with E-state index in [2.05, 4.69) is 6.92 Å². The number of rotatable bonds is 19. The van der Waals surface area contributed by atoms with Crippen molar-refractivity contribution in [2.45, 2.75) is 134 Å². The molecule has 0 aromatic heterocycles. The van der Waals surface area contributed by atoms with Crippen LogP contribution in [0, 0.1) is 0 Å². The minimum absolute atomic E-state index is 0. The Morgan fingerprint density at radius 3 is 1.44 bits per heavy atom. The SMILES string of the molecule is CCCCC(O)CCCCCCCCCCCC(CCCC)S(=O)(=O)[O-].[K+]. The number of hydrogen-bond donors (Lipinski definition) is 1. The van der Waals surface area contributed by atoms with Gasteiger partial charge in [0, 0.05) is 5.25 Å². The largest absolute Gasteiger partial charge is 1.00 e. The van der Waals surface area contributed by atoms with Gasteiger partial charge in [0.2, 0.25) is 0 Å². The average Bonchev–Trinajstić information content (AvgIpc) is 2.59. The van der Waals surface area contributed by atoms with Gasteiger partial charge in [-0.25, -0.2) is 8.42 Å². The van der Waals surface area contributed by atoms with Crippen molar-refractivity contribution in [3.63, 3.8) is 0 Å². The molecular weight excluding hydrogens is 387 g/mol. The molecule has 2 unspecified atom stereocenters. The Hall–Kier alpha value is 1.51. The van der Waals surface area contributed by atoms with Crippen LogP contribution in [0.25, 0.3) is 0 Å². The molecular formula is C21H43KO4S. The van der Waals surface area contributed by atoms with Gasteiger partial charge < -0.3 is 9.66 Å². The quantitative estimate of drug-likeness (QED) is 0.194. The number of aliphatic hydroxyl groups excluding tert-OH is 1. The molecule has 4 nitrogen and oxygen atoms in total. The molecule has 0 aliphatic carbocycles. The van der Waals surface area contributed by atoms with Crippen molar-refractivity contribution >= 4 is 10.1 Å². The fraction of sp³-hybridized carbons (Fsp3) is 1.00. The standard InChI is InChI=1S/C21H44O4S.K/c1-3-5-16-20(22)17-14-12-10-8-7-9-11-13-15-19-21(18-6-4-2)26(23,24)25;/h20-22H,3-19H2,1-2H3,(H,23,24,25);/q;+1/p-1. The zero-order valence-corrected chi connectivity index (χ0v) is 22.2. The van der Waals surface area contributed by atoms with Crippen molar-refractivity contribution in [2.75, 3.05) is 0 Å². The van der Waals surface area contributed by atoms with Crippen LogP contribution in [0.1, 0.15) is 123 Å². The molecule has 0 radical (unpaired) electrons. The van der Waals surface area contributed by atoms with E-state index in [1.165, 1.54) is 32.1 Å². The Balaban J connectivity index is 0.